The van der Waals surface area contributed by atoms with Gasteiger partial charge in [-0.25, -0.2) is 0 Å². The van der Waals surface area contributed by atoms with E-state index in [9.17, 15) is 4.79 Å². The molecule has 30 heavy (non-hydrogen) atoms. The van der Waals surface area contributed by atoms with E-state index in [-0.39, 0.29) is 5.91 Å². The largest absolute Gasteiger partial charge is 0.493 e. The SMILES string of the molecule is COc1cccc(/C=C/C(=O)Nc2cc(Cl)ccc2C)c1OCc1ccc(Br)cc1. The maximum Gasteiger partial charge on any atom is 0.248 e. The van der Waals surface area contributed by atoms with E-state index >= 15 is 0 Å². The van der Waals surface area contributed by atoms with Gasteiger partial charge in [-0.2, -0.15) is 0 Å². The molecule has 4 nitrogen and oxygen atoms in total. The van der Waals surface area contributed by atoms with Gasteiger partial charge in [0.1, 0.15) is 6.61 Å². The smallest absolute Gasteiger partial charge is 0.248 e. The van der Waals surface area contributed by atoms with Crippen LogP contribution in [0.2, 0.25) is 5.02 Å². The summed E-state index contributed by atoms with van der Waals surface area (Å²) < 4.78 is 12.5. The van der Waals surface area contributed by atoms with Gasteiger partial charge >= 0.3 is 0 Å². The fraction of sp³-hybridized carbons (Fsp3) is 0.125. The van der Waals surface area contributed by atoms with Crippen molar-refractivity contribution in [3.05, 3.63) is 92.9 Å². The standard InChI is InChI=1S/C24H21BrClNO3/c1-16-6-12-20(26)14-21(16)27-23(28)13-9-18-4-3-5-22(29-2)24(18)30-15-17-7-10-19(25)11-8-17/h3-14H,15H2,1-2H3,(H,27,28)/b13-9+. The van der Waals surface area contributed by atoms with Crippen molar-refractivity contribution in [3.63, 3.8) is 0 Å². The van der Waals surface area contributed by atoms with Gasteiger partial charge in [-0.3, -0.25) is 4.79 Å². The third-order valence-corrected chi connectivity index (χ3v) is 5.16. The molecule has 0 saturated heterocycles. The van der Waals surface area contributed by atoms with Crippen LogP contribution in [0.25, 0.3) is 6.08 Å². The first-order valence-corrected chi connectivity index (χ1v) is 10.4. The quantitative estimate of drug-likeness (QED) is 0.380. The monoisotopic (exact) mass is 485 g/mol. The average Bonchev–Trinajstić information content (AvgIpc) is 2.74. The lowest BCUT2D eigenvalue weighted by atomic mass is 10.1. The molecule has 0 unspecified atom stereocenters. The number of hydrogen-bond donors (Lipinski definition) is 1. The number of halogens is 2. The molecule has 0 bridgehead atoms. The second kappa shape index (κ2) is 10.3. The Kier molecular flexibility index (Phi) is 7.55. The Morgan fingerprint density at radius 3 is 2.63 bits per heavy atom. The van der Waals surface area contributed by atoms with Crippen LogP contribution >= 0.6 is 27.5 Å². The number of ether oxygens (including phenoxy) is 2. The van der Waals surface area contributed by atoms with Crippen molar-refractivity contribution < 1.29 is 14.3 Å². The van der Waals surface area contributed by atoms with E-state index in [0.29, 0.717) is 28.8 Å². The van der Waals surface area contributed by atoms with E-state index in [2.05, 4.69) is 21.2 Å². The van der Waals surface area contributed by atoms with Crippen LogP contribution in [0.4, 0.5) is 5.69 Å². The third-order valence-electron chi connectivity index (χ3n) is 4.40. The van der Waals surface area contributed by atoms with Gasteiger partial charge in [-0.05, 0) is 54.5 Å². The number of nitrogens with one attached hydrogen (secondary N) is 1. The molecular formula is C24H21BrClNO3. The first-order chi connectivity index (χ1) is 14.5. The predicted molar refractivity (Wildman–Crippen MR) is 125 cm³/mol. The minimum Gasteiger partial charge on any atom is -0.493 e. The Balaban J connectivity index is 1.76. The Morgan fingerprint density at radius 2 is 1.90 bits per heavy atom. The summed E-state index contributed by atoms with van der Waals surface area (Å²) >= 11 is 9.45. The molecule has 3 aromatic carbocycles. The van der Waals surface area contributed by atoms with Gasteiger partial charge < -0.3 is 14.8 Å². The topological polar surface area (TPSA) is 47.6 Å². The van der Waals surface area contributed by atoms with Crippen molar-refractivity contribution in [1.29, 1.82) is 0 Å². The van der Waals surface area contributed by atoms with Gasteiger partial charge in [0.2, 0.25) is 5.91 Å². The van der Waals surface area contributed by atoms with Crippen LogP contribution in [0, 0.1) is 6.92 Å². The van der Waals surface area contributed by atoms with Crippen molar-refractivity contribution >= 4 is 45.2 Å². The van der Waals surface area contributed by atoms with Crippen LogP contribution < -0.4 is 14.8 Å². The molecule has 3 rings (SSSR count). The van der Waals surface area contributed by atoms with Crippen LogP contribution in [-0.4, -0.2) is 13.0 Å². The molecule has 0 spiro atoms. The highest BCUT2D eigenvalue weighted by molar-refractivity contribution is 9.10. The molecule has 0 aromatic heterocycles. The van der Waals surface area contributed by atoms with E-state index in [1.807, 2.05) is 55.5 Å². The van der Waals surface area contributed by atoms with Crippen LogP contribution in [0.3, 0.4) is 0 Å². The van der Waals surface area contributed by atoms with Gasteiger partial charge in [0.05, 0.1) is 7.11 Å². The summed E-state index contributed by atoms with van der Waals surface area (Å²) in [6.07, 6.45) is 3.16. The van der Waals surface area contributed by atoms with Gasteiger partial charge in [-0.15, -0.1) is 0 Å². The summed E-state index contributed by atoms with van der Waals surface area (Å²) in [5, 5.41) is 3.41. The van der Waals surface area contributed by atoms with E-state index in [1.54, 1.807) is 25.3 Å². The Labute approximate surface area is 189 Å². The summed E-state index contributed by atoms with van der Waals surface area (Å²) in [5.74, 6) is 0.910. The lowest BCUT2D eigenvalue weighted by Gasteiger charge is -2.13. The Bertz CT molecular complexity index is 1060. The molecule has 3 aromatic rings. The molecule has 0 aliphatic rings. The van der Waals surface area contributed by atoms with Crippen LogP contribution in [0.5, 0.6) is 11.5 Å². The van der Waals surface area contributed by atoms with Crippen LogP contribution in [-0.2, 0) is 11.4 Å². The number of rotatable bonds is 7. The van der Waals surface area contributed by atoms with E-state index in [1.165, 1.54) is 6.08 Å². The normalized spacial score (nSPS) is 10.8. The predicted octanol–water partition coefficient (Wildman–Crippen LogP) is 6.65. The third kappa shape index (κ3) is 5.88. The summed E-state index contributed by atoms with van der Waals surface area (Å²) in [7, 11) is 1.59. The molecular weight excluding hydrogens is 466 g/mol. The fourth-order valence-electron chi connectivity index (χ4n) is 2.78. The highest BCUT2D eigenvalue weighted by Gasteiger charge is 2.10. The minimum absolute atomic E-state index is 0.262. The number of benzene rings is 3. The summed E-state index contributed by atoms with van der Waals surface area (Å²) in [6.45, 7) is 2.29. The second-order valence-corrected chi connectivity index (χ2v) is 7.93. The van der Waals surface area contributed by atoms with Crippen molar-refractivity contribution in [1.82, 2.24) is 0 Å². The van der Waals surface area contributed by atoms with Gasteiger partial charge in [-0.1, -0.05) is 57.9 Å². The lowest BCUT2D eigenvalue weighted by molar-refractivity contribution is -0.111. The lowest BCUT2D eigenvalue weighted by Crippen LogP contribution is -2.09. The average molecular weight is 487 g/mol. The number of amides is 1. The molecule has 0 aliphatic heterocycles. The highest BCUT2D eigenvalue weighted by atomic mass is 79.9. The number of carbonyl (C=O) groups is 1. The molecule has 0 heterocycles. The summed E-state index contributed by atoms with van der Waals surface area (Å²) in [5.41, 5.74) is 3.37. The minimum atomic E-state index is -0.262. The van der Waals surface area contributed by atoms with Crippen molar-refractivity contribution in [3.8, 4) is 11.5 Å². The van der Waals surface area contributed by atoms with Gasteiger partial charge in [0, 0.05) is 26.8 Å². The zero-order chi connectivity index (χ0) is 21.5. The summed E-state index contributed by atoms with van der Waals surface area (Å²) in [6, 6.07) is 18.8. The first-order valence-electron chi connectivity index (χ1n) is 9.25. The molecule has 6 heteroatoms. The van der Waals surface area contributed by atoms with Crippen molar-refractivity contribution in [2.45, 2.75) is 13.5 Å². The molecule has 1 N–H and O–H groups in total. The van der Waals surface area contributed by atoms with E-state index in [4.69, 9.17) is 21.1 Å². The number of para-hydroxylation sites is 1. The molecule has 0 fully saturated rings. The maximum atomic E-state index is 12.4. The number of aryl methyl sites for hydroxylation is 1. The maximum absolute atomic E-state index is 12.4. The zero-order valence-corrected chi connectivity index (χ0v) is 19.0. The van der Waals surface area contributed by atoms with Gasteiger partial charge in [0.15, 0.2) is 11.5 Å². The number of hydrogen-bond acceptors (Lipinski definition) is 3. The summed E-state index contributed by atoms with van der Waals surface area (Å²) in [4.78, 5) is 12.4. The molecule has 0 saturated carbocycles. The molecule has 0 atom stereocenters. The highest BCUT2D eigenvalue weighted by Crippen LogP contribution is 2.33. The van der Waals surface area contributed by atoms with E-state index in [0.717, 1.165) is 21.2 Å². The Hall–Kier alpha value is -2.76. The number of anilines is 1. The molecule has 154 valence electrons. The van der Waals surface area contributed by atoms with Crippen LogP contribution in [0.1, 0.15) is 16.7 Å². The number of methoxy groups -OCH3 is 1. The first kappa shape index (κ1) is 21.9. The second-order valence-electron chi connectivity index (χ2n) is 6.58. The van der Waals surface area contributed by atoms with Crippen molar-refractivity contribution in [2.24, 2.45) is 0 Å². The Morgan fingerprint density at radius 1 is 1.13 bits per heavy atom. The van der Waals surface area contributed by atoms with Crippen molar-refractivity contribution in [2.75, 3.05) is 12.4 Å². The van der Waals surface area contributed by atoms with E-state index < -0.39 is 0 Å². The molecule has 0 aliphatic carbocycles. The molecule has 0 radical (unpaired) electrons. The van der Waals surface area contributed by atoms with Crippen LogP contribution in [0.15, 0.2) is 71.2 Å². The zero-order valence-electron chi connectivity index (χ0n) is 16.6. The van der Waals surface area contributed by atoms with Gasteiger partial charge in [0.25, 0.3) is 0 Å². The molecule has 1 amide bonds. The number of carbonyl (C=O) groups excluding carboxylic acids is 1. The fourth-order valence-corrected chi connectivity index (χ4v) is 3.22.